The molecule has 96 valence electrons. The summed E-state index contributed by atoms with van der Waals surface area (Å²) in [7, 11) is 0. The van der Waals surface area contributed by atoms with Crippen LogP contribution in [0.3, 0.4) is 0 Å². The van der Waals surface area contributed by atoms with Crippen molar-refractivity contribution >= 4 is 10.9 Å². The van der Waals surface area contributed by atoms with Gasteiger partial charge in [0, 0.05) is 35.6 Å². The largest absolute Gasteiger partial charge is 0.328 e. The smallest absolute Gasteiger partial charge is 0.141 e. The third-order valence-corrected chi connectivity index (χ3v) is 3.32. The Kier molecular flexibility index (Phi) is 2.82. The van der Waals surface area contributed by atoms with E-state index < -0.39 is 0 Å². The van der Waals surface area contributed by atoms with Crippen LogP contribution in [0.4, 0.5) is 0 Å². The van der Waals surface area contributed by atoms with Gasteiger partial charge in [-0.3, -0.25) is 4.98 Å². The number of nitrogens with zero attached hydrogens (tertiary/aromatic N) is 3. The zero-order chi connectivity index (χ0) is 13.4. The lowest BCUT2D eigenvalue weighted by atomic mass is 10.1. The van der Waals surface area contributed by atoms with E-state index in [1.54, 1.807) is 0 Å². The highest BCUT2D eigenvalue weighted by Gasteiger charge is 2.09. The van der Waals surface area contributed by atoms with Crippen LogP contribution in [0, 0.1) is 6.92 Å². The second kappa shape index (κ2) is 4.50. The summed E-state index contributed by atoms with van der Waals surface area (Å²) in [5.41, 5.74) is 3.34. The minimum Gasteiger partial charge on any atom is -0.328 e. The molecule has 3 aromatic rings. The number of hydrogen-bond donors (Lipinski definition) is 0. The van der Waals surface area contributed by atoms with Gasteiger partial charge in [-0.05, 0) is 39.0 Å². The van der Waals surface area contributed by atoms with E-state index >= 15 is 0 Å². The van der Waals surface area contributed by atoms with Crippen molar-refractivity contribution < 1.29 is 0 Å². The van der Waals surface area contributed by atoms with Gasteiger partial charge in [0.1, 0.15) is 5.82 Å². The van der Waals surface area contributed by atoms with Crippen LogP contribution in [0.25, 0.3) is 22.3 Å². The molecule has 0 atom stereocenters. The van der Waals surface area contributed by atoms with Crippen molar-refractivity contribution in [3.8, 4) is 11.4 Å². The molecular weight excluding hydrogens is 234 g/mol. The topological polar surface area (TPSA) is 30.7 Å². The molecule has 0 aliphatic carbocycles. The van der Waals surface area contributed by atoms with Gasteiger partial charge < -0.3 is 4.57 Å². The Bertz CT molecular complexity index is 726. The summed E-state index contributed by atoms with van der Waals surface area (Å²) in [5, 5.41) is 1.16. The molecule has 0 unspecified atom stereocenters. The van der Waals surface area contributed by atoms with Crippen LogP contribution in [0.15, 0.2) is 42.9 Å². The van der Waals surface area contributed by atoms with E-state index in [1.807, 2.05) is 18.6 Å². The molecule has 1 aromatic carbocycles. The second-order valence-electron chi connectivity index (χ2n) is 5.17. The van der Waals surface area contributed by atoms with E-state index in [1.165, 1.54) is 5.56 Å². The average Bonchev–Trinajstić information content (AvgIpc) is 2.87. The number of aromatic nitrogens is 3. The lowest BCUT2D eigenvalue weighted by molar-refractivity contribution is 0.606. The number of hydrogen-bond acceptors (Lipinski definition) is 2. The van der Waals surface area contributed by atoms with Crippen LogP contribution < -0.4 is 0 Å². The molecule has 0 amide bonds. The zero-order valence-electron chi connectivity index (χ0n) is 11.5. The molecule has 0 aliphatic rings. The molecule has 2 heterocycles. The normalized spacial score (nSPS) is 11.4. The summed E-state index contributed by atoms with van der Waals surface area (Å²) in [6.45, 7) is 6.41. The monoisotopic (exact) mass is 251 g/mol. The van der Waals surface area contributed by atoms with Gasteiger partial charge in [0.05, 0.1) is 5.52 Å². The summed E-state index contributed by atoms with van der Waals surface area (Å²) < 4.78 is 2.17. The third-order valence-electron chi connectivity index (χ3n) is 3.32. The maximum atomic E-state index is 4.53. The predicted molar refractivity (Wildman–Crippen MR) is 78.1 cm³/mol. The second-order valence-corrected chi connectivity index (χ2v) is 5.17. The van der Waals surface area contributed by atoms with Gasteiger partial charge in [0.25, 0.3) is 0 Å². The fourth-order valence-corrected chi connectivity index (χ4v) is 2.33. The summed E-state index contributed by atoms with van der Waals surface area (Å²) in [5.74, 6) is 0.978. The summed E-state index contributed by atoms with van der Waals surface area (Å²) >= 11 is 0. The molecular formula is C16H17N3. The zero-order valence-corrected chi connectivity index (χ0v) is 11.5. The molecule has 0 bridgehead atoms. The number of fused-ring (bicyclic) bond motifs is 1. The molecule has 2 aromatic heterocycles. The minimum absolute atomic E-state index is 0.394. The average molecular weight is 251 g/mol. The Labute approximate surface area is 112 Å². The first kappa shape index (κ1) is 11.9. The first-order valence-corrected chi connectivity index (χ1v) is 6.55. The minimum atomic E-state index is 0.394. The van der Waals surface area contributed by atoms with E-state index in [0.29, 0.717) is 6.04 Å². The van der Waals surface area contributed by atoms with Crippen molar-refractivity contribution in [2.75, 3.05) is 0 Å². The first-order chi connectivity index (χ1) is 9.15. The maximum Gasteiger partial charge on any atom is 0.141 e. The third kappa shape index (κ3) is 2.12. The Hall–Kier alpha value is -2.16. The van der Waals surface area contributed by atoms with Crippen LogP contribution >= 0.6 is 0 Å². The summed E-state index contributed by atoms with van der Waals surface area (Å²) in [4.78, 5) is 8.99. The van der Waals surface area contributed by atoms with Crippen LogP contribution in [0.5, 0.6) is 0 Å². The fraction of sp³-hybridized carbons (Fsp3) is 0.250. The molecule has 19 heavy (non-hydrogen) atoms. The molecule has 0 radical (unpaired) electrons. The van der Waals surface area contributed by atoms with Crippen LogP contribution in [-0.2, 0) is 0 Å². The SMILES string of the molecule is Cc1ccc2ncc(-c3nccn3C(C)C)cc2c1. The highest BCUT2D eigenvalue weighted by Crippen LogP contribution is 2.24. The number of rotatable bonds is 2. The van der Waals surface area contributed by atoms with Gasteiger partial charge in [-0.25, -0.2) is 4.98 Å². The van der Waals surface area contributed by atoms with Crippen molar-refractivity contribution in [2.45, 2.75) is 26.8 Å². The van der Waals surface area contributed by atoms with E-state index in [-0.39, 0.29) is 0 Å². The Morgan fingerprint density at radius 1 is 1.11 bits per heavy atom. The Morgan fingerprint density at radius 3 is 2.74 bits per heavy atom. The highest BCUT2D eigenvalue weighted by molar-refractivity contribution is 5.83. The van der Waals surface area contributed by atoms with Crippen molar-refractivity contribution in [3.05, 3.63) is 48.4 Å². The van der Waals surface area contributed by atoms with E-state index in [2.05, 4.69) is 59.6 Å². The quantitative estimate of drug-likeness (QED) is 0.689. The van der Waals surface area contributed by atoms with Crippen molar-refractivity contribution in [1.29, 1.82) is 0 Å². The summed E-state index contributed by atoms with van der Waals surface area (Å²) in [6, 6.07) is 8.86. The lowest BCUT2D eigenvalue weighted by Gasteiger charge is -2.11. The van der Waals surface area contributed by atoms with Crippen LogP contribution in [-0.4, -0.2) is 14.5 Å². The van der Waals surface area contributed by atoms with E-state index in [0.717, 1.165) is 22.3 Å². The Morgan fingerprint density at radius 2 is 1.95 bits per heavy atom. The van der Waals surface area contributed by atoms with Crippen LogP contribution in [0.1, 0.15) is 25.5 Å². The highest BCUT2D eigenvalue weighted by atomic mass is 15.1. The molecule has 0 spiro atoms. The van der Waals surface area contributed by atoms with Gasteiger partial charge in [0.15, 0.2) is 0 Å². The molecule has 0 aliphatic heterocycles. The Balaban J connectivity index is 2.17. The van der Waals surface area contributed by atoms with Crippen LogP contribution in [0.2, 0.25) is 0 Å². The first-order valence-electron chi connectivity index (χ1n) is 6.55. The molecule has 0 saturated heterocycles. The molecule has 0 fully saturated rings. The molecule has 0 N–H and O–H groups in total. The standard InChI is InChI=1S/C16H17N3/c1-11(2)19-7-6-17-16(19)14-9-13-8-12(3)4-5-15(13)18-10-14/h4-11H,1-3H3. The van der Waals surface area contributed by atoms with Crippen molar-refractivity contribution in [1.82, 2.24) is 14.5 Å². The summed E-state index contributed by atoms with van der Waals surface area (Å²) in [6.07, 6.45) is 5.76. The fourth-order valence-electron chi connectivity index (χ4n) is 2.33. The molecule has 3 nitrogen and oxygen atoms in total. The van der Waals surface area contributed by atoms with E-state index in [4.69, 9.17) is 0 Å². The van der Waals surface area contributed by atoms with Gasteiger partial charge in [-0.2, -0.15) is 0 Å². The van der Waals surface area contributed by atoms with Gasteiger partial charge in [-0.1, -0.05) is 11.6 Å². The van der Waals surface area contributed by atoms with Gasteiger partial charge in [-0.15, -0.1) is 0 Å². The molecule has 3 heteroatoms. The number of aryl methyl sites for hydroxylation is 1. The van der Waals surface area contributed by atoms with Crippen molar-refractivity contribution in [2.24, 2.45) is 0 Å². The van der Waals surface area contributed by atoms with Gasteiger partial charge in [0.2, 0.25) is 0 Å². The van der Waals surface area contributed by atoms with Crippen molar-refractivity contribution in [3.63, 3.8) is 0 Å². The number of imidazole rings is 1. The number of benzene rings is 1. The maximum absolute atomic E-state index is 4.53. The molecule has 0 saturated carbocycles. The number of pyridine rings is 1. The lowest BCUT2D eigenvalue weighted by Crippen LogP contribution is -2.02. The molecule has 3 rings (SSSR count). The van der Waals surface area contributed by atoms with Gasteiger partial charge >= 0.3 is 0 Å². The predicted octanol–water partition coefficient (Wildman–Crippen LogP) is 3.99. The van der Waals surface area contributed by atoms with E-state index in [9.17, 15) is 0 Å².